The third-order valence-corrected chi connectivity index (χ3v) is 4.04. The number of thioether (sulfide) groups is 1. The summed E-state index contributed by atoms with van der Waals surface area (Å²) < 4.78 is 0. The zero-order chi connectivity index (χ0) is 16.3. The summed E-state index contributed by atoms with van der Waals surface area (Å²) in [6.07, 6.45) is 2.82. The number of hydrogen-bond acceptors (Lipinski definition) is 5. The predicted molar refractivity (Wildman–Crippen MR) is 86.7 cm³/mol. The van der Waals surface area contributed by atoms with Gasteiger partial charge >= 0.3 is 0 Å². The van der Waals surface area contributed by atoms with Crippen molar-refractivity contribution in [1.82, 2.24) is 9.97 Å². The van der Waals surface area contributed by atoms with Crippen molar-refractivity contribution in [2.24, 2.45) is 0 Å². The number of aromatic amines is 1. The fourth-order valence-electron chi connectivity index (χ4n) is 2.26. The van der Waals surface area contributed by atoms with Gasteiger partial charge in [0.05, 0.1) is 10.6 Å². The molecule has 0 unspecified atom stereocenters. The van der Waals surface area contributed by atoms with Crippen molar-refractivity contribution in [2.45, 2.75) is 31.8 Å². The van der Waals surface area contributed by atoms with E-state index in [9.17, 15) is 14.9 Å². The molecule has 0 fully saturated rings. The Balaban J connectivity index is 2.45. The first-order chi connectivity index (χ1) is 10.5. The number of aromatic nitrogens is 2. The van der Waals surface area contributed by atoms with Crippen LogP contribution in [0.2, 0.25) is 0 Å². The Morgan fingerprint density at radius 3 is 2.73 bits per heavy atom. The molecular formula is C15H17N3O3S. The Hall–Kier alpha value is -2.15. The van der Waals surface area contributed by atoms with Gasteiger partial charge in [-0.3, -0.25) is 14.9 Å². The highest BCUT2D eigenvalue weighted by molar-refractivity contribution is 7.98. The molecule has 2 rings (SSSR count). The topological polar surface area (TPSA) is 88.9 Å². The summed E-state index contributed by atoms with van der Waals surface area (Å²) in [5.74, 6) is 0. The van der Waals surface area contributed by atoms with Crippen LogP contribution in [0, 0.1) is 17.0 Å². The van der Waals surface area contributed by atoms with Crippen molar-refractivity contribution in [3.63, 3.8) is 0 Å². The summed E-state index contributed by atoms with van der Waals surface area (Å²) in [6, 6.07) is 5.04. The van der Waals surface area contributed by atoms with E-state index < -0.39 is 4.92 Å². The van der Waals surface area contributed by atoms with E-state index in [0.717, 1.165) is 11.3 Å². The first-order valence-corrected chi connectivity index (χ1v) is 8.08. The van der Waals surface area contributed by atoms with Gasteiger partial charge in [-0.1, -0.05) is 30.8 Å². The number of nitro groups is 1. The second kappa shape index (κ2) is 6.74. The number of hydrogen-bond donors (Lipinski definition) is 1. The number of nitrogens with one attached hydrogen (secondary N) is 1. The van der Waals surface area contributed by atoms with Crippen molar-refractivity contribution in [2.75, 3.05) is 6.26 Å². The van der Waals surface area contributed by atoms with E-state index in [-0.39, 0.29) is 11.2 Å². The second-order valence-electron chi connectivity index (χ2n) is 4.91. The first kappa shape index (κ1) is 16.2. The van der Waals surface area contributed by atoms with Gasteiger partial charge in [0.2, 0.25) is 0 Å². The first-order valence-electron chi connectivity index (χ1n) is 6.86. The van der Waals surface area contributed by atoms with Crippen LogP contribution in [-0.2, 0) is 12.8 Å². The minimum atomic E-state index is -0.404. The molecule has 0 bridgehead atoms. The molecule has 0 saturated heterocycles. The van der Waals surface area contributed by atoms with Crippen molar-refractivity contribution in [3.8, 4) is 0 Å². The number of nitrogens with zero attached hydrogens (tertiary/aromatic N) is 2. The van der Waals surface area contributed by atoms with Gasteiger partial charge in [-0.15, -0.1) is 0 Å². The van der Waals surface area contributed by atoms with Crippen LogP contribution in [0.1, 0.15) is 29.3 Å². The number of aryl methyl sites for hydroxylation is 2. The highest BCUT2D eigenvalue weighted by atomic mass is 32.2. The average molecular weight is 319 g/mol. The molecule has 7 heteroatoms. The molecule has 6 nitrogen and oxygen atoms in total. The highest BCUT2D eigenvalue weighted by Gasteiger charge is 2.15. The summed E-state index contributed by atoms with van der Waals surface area (Å²) in [5, 5.41) is 11.6. The molecule has 0 amide bonds. The van der Waals surface area contributed by atoms with Crippen LogP contribution >= 0.6 is 11.8 Å². The van der Waals surface area contributed by atoms with Crippen molar-refractivity contribution in [3.05, 3.63) is 61.1 Å². The molecule has 0 aliphatic heterocycles. The zero-order valence-electron chi connectivity index (χ0n) is 12.7. The third-order valence-electron chi connectivity index (χ3n) is 3.46. The Morgan fingerprint density at radius 1 is 1.41 bits per heavy atom. The molecule has 1 heterocycles. The minimum Gasteiger partial charge on any atom is -0.301 e. The van der Waals surface area contributed by atoms with Crippen LogP contribution in [0.3, 0.4) is 0 Å². The van der Waals surface area contributed by atoms with Gasteiger partial charge in [-0.25, -0.2) is 4.98 Å². The van der Waals surface area contributed by atoms with Gasteiger partial charge in [0, 0.05) is 23.6 Å². The van der Waals surface area contributed by atoms with Crippen LogP contribution in [0.25, 0.3) is 0 Å². The Bertz CT molecular complexity index is 771. The lowest BCUT2D eigenvalue weighted by Crippen LogP contribution is -2.19. The quantitative estimate of drug-likeness (QED) is 0.396. The molecular weight excluding hydrogens is 302 g/mol. The fourth-order valence-corrected chi connectivity index (χ4v) is 2.66. The number of nitro benzene ring substituents is 1. The van der Waals surface area contributed by atoms with Gasteiger partial charge in [-0.2, -0.15) is 0 Å². The van der Waals surface area contributed by atoms with Crippen molar-refractivity contribution in [1.29, 1.82) is 0 Å². The lowest BCUT2D eigenvalue weighted by atomic mass is 10.0. The van der Waals surface area contributed by atoms with E-state index in [2.05, 4.69) is 9.97 Å². The fraction of sp³-hybridized carbons (Fsp3) is 0.333. The summed E-state index contributed by atoms with van der Waals surface area (Å²) in [6.45, 7) is 3.63. The predicted octanol–water partition coefficient (Wildman–Crippen LogP) is 2.86. The van der Waals surface area contributed by atoms with E-state index in [1.54, 1.807) is 13.0 Å². The van der Waals surface area contributed by atoms with Crippen molar-refractivity contribution >= 4 is 17.4 Å². The van der Waals surface area contributed by atoms with Gasteiger partial charge in [0.25, 0.3) is 11.2 Å². The Labute approximate surface area is 132 Å². The average Bonchev–Trinajstić information content (AvgIpc) is 2.50. The monoisotopic (exact) mass is 319 g/mol. The molecule has 0 aliphatic rings. The van der Waals surface area contributed by atoms with E-state index >= 15 is 0 Å². The van der Waals surface area contributed by atoms with Crippen LogP contribution in [-0.4, -0.2) is 21.1 Å². The van der Waals surface area contributed by atoms with Gasteiger partial charge in [-0.05, 0) is 25.2 Å². The number of H-pyrrole nitrogens is 1. The molecule has 22 heavy (non-hydrogen) atoms. The smallest absolute Gasteiger partial charge is 0.272 e. The maximum atomic E-state index is 12.2. The van der Waals surface area contributed by atoms with E-state index in [4.69, 9.17) is 0 Å². The number of benzene rings is 1. The highest BCUT2D eigenvalue weighted by Crippen LogP contribution is 2.21. The Morgan fingerprint density at radius 2 is 2.14 bits per heavy atom. The zero-order valence-corrected chi connectivity index (χ0v) is 13.5. The molecule has 1 aromatic carbocycles. The standard InChI is InChI=1S/C15H17N3O3S/c1-4-12-11(14(19)17-15(16-12)22-3)7-10-6-5-9(2)13(8-10)18(20)21/h5-6,8H,4,7H2,1-3H3,(H,16,17,19). The van der Waals surface area contributed by atoms with Crippen molar-refractivity contribution < 1.29 is 4.92 Å². The molecule has 1 aromatic heterocycles. The Kier molecular flexibility index (Phi) is 4.97. The van der Waals surface area contributed by atoms with E-state index in [0.29, 0.717) is 29.1 Å². The van der Waals surface area contributed by atoms with Crippen LogP contribution in [0.5, 0.6) is 0 Å². The third kappa shape index (κ3) is 3.36. The van der Waals surface area contributed by atoms with Crippen LogP contribution in [0.15, 0.2) is 28.2 Å². The van der Waals surface area contributed by atoms with E-state index in [1.165, 1.54) is 17.8 Å². The summed E-state index contributed by atoms with van der Waals surface area (Å²) in [4.78, 5) is 30.0. The molecule has 0 spiro atoms. The lowest BCUT2D eigenvalue weighted by Gasteiger charge is -2.08. The second-order valence-corrected chi connectivity index (χ2v) is 5.70. The molecule has 0 radical (unpaired) electrons. The lowest BCUT2D eigenvalue weighted by molar-refractivity contribution is -0.385. The molecule has 1 N–H and O–H groups in total. The molecule has 0 saturated carbocycles. The summed E-state index contributed by atoms with van der Waals surface area (Å²) in [5.41, 5.74) is 2.53. The maximum absolute atomic E-state index is 12.2. The normalized spacial score (nSPS) is 10.7. The summed E-state index contributed by atoms with van der Waals surface area (Å²) in [7, 11) is 0. The van der Waals surface area contributed by atoms with Gasteiger partial charge in [0.1, 0.15) is 0 Å². The number of rotatable bonds is 5. The van der Waals surface area contributed by atoms with Gasteiger partial charge < -0.3 is 4.98 Å². The van der Waals surface area contributed by atoms with Crippen LogP contribution in [0.4, 0.5) is 5.69 Å². The maximum Gasteiger partial charge on any atom is 0.272 e. The minimum absolute atomic E-state index is 0.0701. The molecule has 0 aliphatic carbocycles. The summed E-state index contributed by atoms with van der Waals surface area (Å²) >= 11 is 1.38. The molecule has 116 valence electrons. The van der Waals surface area contributed by atoms with Gasteiger partial charge in [0.15, 0.2) is 5.16 Å². The molecule has 0 atom stereocenters. The van der Waals surface area contributed by atoms with E-state index in [1.807, 2.05) is 19.2 Å². The largest absolute Gasteiger partial charge is 0.301 e. The molecule has 2 aromatic rings. The van der Waals surface area contributed by atoms with Crippen LogP contribution < -0.4 is 5.56 Å². The SMILES string of the molecule is CCc1nc(SC)[nH]c(=O)c1Cc1ccc(C)c([N+](=O)[O-])c1.